The number of benzene rings is 6. The van der Waals surface area contributed by atoms with Crippen LogP contribution >= 0.6 is 0 Å². The maximum absolute atomic E-state index is 12.0. The van der Waals surface area contributed by atoms with E-state index in [0.29, 0.717) is 33.3 Å². The summed E-state index contributed by atoms with van der Waals surface area (Å²) in [7, 11) is -9.06. The van der Waals surface area contributed by atoms with Crippen molar-refractivity contribution in [3.05, 3.63) is 120 Å². The van der Waals surface area contributed by atoms with Gasteiger partial charge in [-0.1, -0.05) is 60.4 Å². The molecule has 6 aromatic rings. The highest BCUT2D eigenvalue weighted by Crippen LogP contribution is 2.38. The van der Waals surface area contributed by atoms with E-state index in [4.69, 9.17) is 11.5 Å². The molecule has 0 aliphatic heterocycles. The maximum Gasteiger partial charge on any atom is 0.295 e. The van der Waals surface area contributed by atoms with Crippen molar-refractivity contribution in [1.82, 2.24) is 0 Å². The summed E-state index contributed by atoms with van der Waals surface area (Å²) in [5.41, 5.74) is 15.4. The Kier molecular flexibility index (Phi) is 8.44. The van der Waals surface area contributed by atoms with E-state index in [1.807, 2.05) is 0 Å². The number of nitrogen functional groups attached to an aromatic ring is 2. The Morgan fingerprint density at radius 2 is 0.812 bits per heavy atom. The van der Waals surface area contributed by atoms with E-state index in [1.165, 1.54) is 12.1 Å². The fourth-order valence-electron chi connectivity index (χ4n) is 4.88. The average molecular weight is 677 g/mol. The highest BCUT2D eigenvalue weighted by molar-refractivity contribution is 7.86. The Morgan fingerprint density at radius 1 is 0.479 bits per heavy atom. The fourth-order valence-corrected chi connectivity index (χ4v) is 6.32. The molecule has 0 spiro atoms. The SMILES string of the molecule is Nc1c(N=Nc2ccc(C#Cc3ccc(N=Nc4cc(S(=O)(=O)O)c5ccccc5c4N)cc3)cc2)cc(S(=O)(=O)O)c2ccccc12. The number of fused-ring (bicyclic) bond motifs is 2. The van der Waals surface area contributed by atoms with Crippen molar-refractivity contribution in [3.8, 4) is 11.8 Å². The lowest BCUT2D eigenvalue weighted by Crippen LogP contribution is -2.01. The van der Waals surface area contributed by atoms with Crippen LogP contribution in [0.3, 0.4) is 0 Å². The van der Waals surface area contributed by atoms with Gasteiger partial charge in [-0.15, -0.1) is 10.2 Å². The molecular weight excluding hydrogens is 653 g/mol. The smallest absolute Gasteiger partial charge is 0.295 e. The van der Waals surface area contributed by atoms with Crippen molar-refractivity contribution in [2.24, 2.45) is 20.5 Å². The minimum atomic E-state index is -4.53. The summed E-state index contributed by atoms with van der Waals surface area (Å²) in [4.78, 5) is -0.626. The van der Waals surface area contributed by atoms with Crippen molar-refractivity contribution in [1.29, 1.82) is 0 Å². The summed E-state index contributed by atoms with van der Waals surface area (Å²) in [6.45, 7) is 0. The Labute approximate surface area is 275 Å². The first kappa shape index (κ1) is 32.0. The standard InChI is InChI=1S/C34H24N6O6S2/c35-33-27-7-3-1-5-25(27)31(47(41,42)43)19-29(33)39-37-23-15-11-21(12-16-23)9-10-22-13-17-24(18-14-22)38-40-30-20-32(48(44,45)46)26-6-2-4-8-28(26)34(30)36/h1-8,11-20H,35-36H2,(H,41,42,43)(H,44,45,46). The van der Waals surface area contributed by atoms with Crippen molar-refractivity contribution in [2.75, 3.05) is 11.5 Å². The highest BCUT2D eigenvalue weighted by Gasteiger charge is 2.19. The monoisotopic (exact) mass is 676 g/mol. The third-order valence-electron chi connectivity index (χ3n) is 7.24. The predicted octanol–water partition coefficient (Wildman–Crippen LogP) is 7.88. The molecule has 0 aromatic heterocycles. The molecule has 14 heteroatoms. The minimum absolute atomic E-state index is 0.0942. The van der Waals surface area contributed by atoms with E-state index in [0.717, 1.165) is 0 Å². The third kappa shape index (κ3) is 6.75. The maximum atomic E-state index is 12.0. The van der Waals surface area contributed by atoms with Crippen LogP contribution in [0.4, 0.5) is 34.1 Å². The van der Waals surface area contributed by atoms with Gasteiger partial charge in [0, 0.05) is 32.7 Å². The molecule has 12 nitrogen and oxygen atoms in total. The van der Waals surface area contributed by atoms with Gasteiger partial charge in [0.15, 0.2) is 0 Å². The van der Waals surface area contributed by atoms with E-state index < -0.39 is 20.2 Å². The average Bonchev–Trinajstić information content (AvgIpc) is 3.07. The molecule has 0 amide bonds. The molecule has 0 atom stereocenters. The lowest BCUT2D eigenvalue weighted by Gasteiger charge is -2.09. The second-order valence-electron chi connectivity index (χ2n) is 10.4. The number of hydrogen-bond donors (Lipinski definition) is 4. The van der Waals surface area contributed by atoms with Crippen molar-refractivity contribution in [2.45, 2.75) is 9.79 Å². The van der Waals surface area contributed by atoms with Crippen LogP contribution in [0.15, 0.2) is 139 Å². The van der Waals surface area contributed by atoms with Crippen LogP contribution < -0.4 is 11.5 Å². The molecule has 0 aliphatic carbocycles. The van der Waals surface area contributed by atoms with Crippen molar-refractivity contribution < 1.29 is 25.9 Å². The van der Waals surface area contributed by atoms with Crippen LogP contribution in [-0.4, -0.2) is 25.9 Å². The van der Waals surface area contributed by atoms with Crippen LogP contribution in [0.25, 0.3) is 21.5 Å². The first-order valence-corrected chi connectivity index (χ1v) is 16.9. The number of azo groups is 2. The molecule has 48 heavy (non-hydrogen) atoms. The molecule has 0 radical (unpaired) electrons. The third-order valence-corrected chi connectivity index (χ3v) is 9.03. The van der Waals surface area contributed by atoms with Crippen LogP contribution in [0.2, 0.25) is 0 Å². The lowest BCUT2D eigenvalue weighted by molar-refractivity contribution is 0.482. The van der Waals surface area contributed by atoms with Crippen LogP contribution in [-0.2, 0) is 20.2 Å². The largest absolute Gasteiger partial charge is 0.396 e. The van der Waals surface area contributed by atoms with Gasteiger partial charge in [-0.2, -0.15) is 27.1 Å². The molecule has 0 saturated carbocycles. The van der Waals surface area contributed by atoms with Gasteiger partial charge in [-0.05, 0) is 60.7 Å². The molecule has 6 rings (SSSR count). The molecule has 0 saturated heterocycles. The first-order valence-electron chi connectivity index (χ1n) is 14.0. The summed E-state index contributed by atoms with van der Waals surface area (Å²) >= 11 is 0. The summed E-state index contributed by atoms with van der Waals surface area (Å²) in [6.07, 6.45) is 0. The zero-order valence-corrected chi connectivity index (χ0v) is 26.3. The number of hydrogen-bond acceptors (Lipinski definition) is 10. The summed E-state index contributed by atoms with van der Waals surface area (Å²) in [6, 6.07) is 29.1. The van der Waals surface area contributed by atoms with E-state index >= 15 is 0 Å². The molecule has 0 fully saturated rings. The first-order chi connectivity index (χ1) is 22.9. The van der Waals surface area contributed by atoms with Crippen LogP contribution in [0.1, 0.15) is 11.1 Å². The van der Waals surface area contributed by atoms with Gasteiger partial charge in [0.05, 0.1) is 22.7 Å². The molecule has 0 aliphatic rings. The molecule has 0 unspecified atom stereocenters. The van der Waals surface area contributed by atoms with E-state index in [-0.39, 0.29) is 43.3 Å². The quantitative estimate of drug-likeness (QED) is 0.0588. The van der Waals surface area contributed by atoms with Crippen molar-refractivity contribution >= 4 is 75.9 Å². The molecule has 6 aromatic carbocycles. The number of anilines is 2. The Bertz CT molecular complexity index is 2400. The minimum Gasteiger partial charge on any atom is -0.396 e. The summed E-state index contributed by atoms with van der Waals surface area (Å²) < 4.78 is 67.3. The lowest BCUT2D eigenvalue weighted by atomic mass is 10.1. The molecule has 238 valence electrons. The van der Waals surface area contributed by atoms with E-state index in [9.17, 15) is 25.9 Å². The number of nitrogens with zero attached hydrogens (tertiary/aromatic N) is 4. The second kappa shape index (κ2) is 12.7. The Balaban J connectivity index is 1.17. The van der Waals surface area contributed by atoms with Crippen LogP contribution in [0, 0.1) is 11.8 Å². The fraction of sp³-hybridized carbons (Fsp3) is 0. The van der Waals surface area contributed by atoms with E-state index in [1.54, 1.807) is 97.1 Å². The number of nitrogens with two attached hydrogens (primary N) is 2. The Hall–Kier alpha value is -5.98. The molecule has 6 N–H and O–H groups in total. The zero-order chi connectivity index (χ0) is 34.1. The van der Waals surface area contributed by atoms with Crippen LogP contribution in [0.5, 0.6) is 0 Å². The Morgan fingerprint density at radius 3 is 1.15 bits per heavy atom. The van der Waals surface area contributed by atoms with Gasteiger partial charge in [-0.25, -0.2) is 0 Å². The molecule has 0 heterocycles. The molecule has 0 bridgehead atoms. The second-order valence-corrected chi connectivity index (χ2v) is 13.2. The van der Waals surface area contributed by atoms with E-state index in [2.05, 4.69) is 32.3 Å². The molecular formula is C34H24N6O6S2. The summed E-state index contributed by atoms with van der Waals surface area (Å²) in [5, 5.41) is 18.0. The zero-order valence-electron chi connectivity index (χ0n) is 24.7. The highest BCUT2D eigenvalue weighted by atomic mass is 32.2. The van der Waals surface area contributed by atoms with Gasteiger partial charge < -0.3 is 11.5 Å². The predicted molar refractivity (Wildman–Crippen MR) is 184 cm³/mol. The van der Waals surface area contributed by atoms with Gasteiger partial charge in [-0.3, -0.25) is 9.11 Å². The van der Waals surface area contributed by atoms with Gasteiger partial charge >= 0.3 is 0 Å². The van der Waals surface area contributed by atoms with Gasteiger partial charge in [0.2, 0.25) is 0 Å². The normalized spacial score (nSPS) is 12.1. The van der Waals surface area contributed by atoms with Gasteiger partial charge in [0.1, 0.15) is 21.2 Å². The van der Waals surface area contributed by atoms with Crippen molar-refractivity contribution in [3.63, 3.8) is 0 Å². The van der Waals surface area contributed by atoms with Gasteiger partial charge in [0.25, 0.3) is 20.2 Å². The summed E-state index contributed by atoms with van der Waals surface area (Å²) in [5.74, 6) is 6.10. The topological polar surface area (TPSA) is 210 Å². The number of rotatable bonds is 6.